The number of fused-ring (bicyclic) bond motifs is 3. The van der Waals surface area contributed by atoms with Crippen LogP contribution in [0.5, 0.6) is 0 Å². The number of benzene rings is 3. The molecule has 1 heteroatoms. The molecular weight excluding hydrogens is 338 g/mol. The summed E-state index contributed by atoms with van der Waals surface area (Å²) in [6, 6.07) is 16.1. The molecule has 0 bridgehead atoms. The van der Waals surface area contributed by atoms with E-state index < -0.39 is 0 Å². The molecule has 1 heterocycles. The zero-order chi connectivity index (χ0) is 21.0. The molecule has 0 saturated carbocycles. The Bertz CT molecular complexity index is 1280. The highest BCUT2D eigenvalue weighted by Gasteiger charge is 2.24. The first-order valence-electron chi connectivity index (χ1n) is 10.6. The third kappa shape index (κ3) is 2.81. The van der Waals surface area contributed by atoms with Gasteiger partial charge in [0.15, 0.2) is 5.69 Å². The van der Waals surface area contributed by atoms with Gasteiger partial charge in [-0.15, -0.1) is 0 Å². The third-order valence-electron chi connectivity index (χ3n) is 6.15. The highest BCUT2D eigenvalue weighted by molar-refractivity contribution is 6.14. The van der Waals surface area contributed by atoms with Crippen LogP contribution in [0.2, 0.25) is 0 Å². The van der Waals surface area contributed by atoms with E-state index >= 15 is 0 Å². The molecule has 0 atom stereocenters. The van der Waals surface area contributed by atoms with E-state index in [1.807, 2.05) is 0 Å². The van der Waals surface area contributed by atoms with Crippen molar-refractivity contribution in [2.45, 2.75) is 47.5 Å². The van der Waals surface area contributed by atoms with Crippen LogP contribution in [0.15, 0.2) is 48.5 Å². The zero-order valence-corrected chi connectivity index (χ0v) is 18.1. The molecular formula is C27H30N+. The Hall–Kier alpha value is -2.67. The first-order chi connectivity index (χ1) is 13.7. The number of hydrogen-bond donors (Lipinski definition) is 0. The Morgan fingerprint density at radius 2 is 1.64 bits per heavy atom. The number of pyridine rings is 1. The fourth-order valence-corrected chi connectivity index (χ4v) is 4.41. The molecule has 1 aromatic heterocycles. The van der Waals surface area contributed by atoms with Crippen molar-refractivity contribution in [1.82, 2.24) is 0 Å². The summed E-state index contributed by atoms with van der Waals surface area (Å²) < 4.78 is 11.2. The smallest absolute Gasteiger partial charge is 0.198 e. The van der Waals surface area contributed by atoms with Gasteiger partial charge in [-0.1, -0.05) is 55.8 Å². The summed E-state index contributed by atoms with van der Waals surface area (Å²) >= 11 is 0. The average molecular weight is 370 g/mol. The maximum Gasteiger partial charge on any atom is 0.221 e. The third-order valence-corrected chi connectivity index (χ3v) is 6.15. The van der Waals surface area contributed by atoms with Gasteiger partial charge < -0.3 is 0 Å². The number of rotatable bonds is 2. The molecule has 4 aromatic rings. The van der Waals surface area contributed by atoms with Crippen LogP contribution in [0.3, 0.4) is 0 Å². The number of aryl methyl sites for hydroxylation is 2. The summed E-state index contributed by atoms with van der Waals surface area (Å²) in [6.45, 7) is 13.1. The van der Waals surface area contributed by atoms with Gasteiger partial charge in [0, 0.05) is 13.0 Å². The normalized spacial score (nSPS) is 12.2. The summed E-state index contributed by atoms with van der Waals surface area (Å²) in [5.74, 6) is 0.353. The van der Waals surface area contributed by atoms with Crippen molar-refractivity contribution >= 4 is 21.5 Å². The highest BCUT2D eigenvalue weighted by Crippen LogP contribution is 2.39. The summed E-state index contributed by atoms with van der Waals surface area (Å²) in [4.78, 5) is 0. The minimum atomic E-state index is 0.353. The molecule has 0 aliphatic heterocycles. The Morgan fingerprint density at radius 1 is 0.929 bits per heavy atom. The molecule has 142 valence electrons. The van der Waals surface area contributed by atoms with Crippen LogP contribution in [0.1, 0.15) is 49.1 Å². The van der Waals surface area contributed by atoms with Crippen molar-refractivity contribution in [2.75, 3.05) is 0 Å². The lowest BCUT2D eigenvalue weighted by Crippen LogP contribution is -2.35. The summed E-state index contributed by atoms with van der Waals surface area (Å²) in [7, 11) is 2.11. The van der Waals surface area contributed by atoms with E-state index in [0.717, 1.165) is 11.1 Å². The van der Waals surface area contributed by atoms with E-state index in [1.165, 1.54) is 49.7 Å². The molecule has 0 fully saturated rings. The summed E-state index contributed by atoms with van der Waals surface area (Å²) in [5.41, 5.74) is 8.64. The van der Waals surface area contributed by atoms with E-state index in [-0.39, 0.29) is 0 Å². The Kier molecular flexibility index (Phi) is 4.19. The maximum atomic E-state index is 9.01. The fraction of sp³-hybridized carbons (Fsp3) is 0.296. The molecule has 0 amide bonds. The Labute approximate surface area is 170 Å². The van der Waals surface area contributed by atoms with Gasteiger partial charge in [-0.3, -0.25) is 0 Å². The number of aromatic nitrogens is 1. The minimum Gasteiger partial charge on any atom is -0.198 e. The molecule has 28 heavy (non-hydrogen) atoms. The van der Waals surface area contributed by atoms with Gasteiger partial charge in [0.1, 0.15) is 7.05 Å². The van der Waals surface area contributed by atoms with Gasteiger partial charge in [-0.25, -0.2) is 0 Å². The largest absolute Gasteiger partial charge is 0.221 e. The lowest BCUT2D eigenvalue weighted by molar-refractivity contribution is -0.665. The first kappa shape index (κ1) is 17.4. The van der Waals surface area contributed by atoms with Crippen LogP contribution < -0.4 is 4.57 Å². The Balaban J connectivity index is 2.36. The standard InChI is InChI=1S/C27H30N/c1-16(2)23-15-21-10-8-9-11-22(21)26-25(23)14-19(5)28(7)27(26)24-13-17(3)12-18(4)20(24)6/h8-16H,1-7H3/q+1/i14D. The Morgan fingerprint density at radius 3 is 2.36 bits per heavy atom. The monoisotopic (exact) mass is 369 g/mol. The molecule has 1 nitrogen and oxygen atoms in total. The zero-order valence-electron chi connectivity index (χ0n) is 19.1. The second-order valence-corrected chi connectivity index (χ2v) is 8.46. The highest BCUT2D eigenvalue weighted by atomic mass is 14.9. The van der Waals surface area contributed by atoms with Crippen LogP contribution in [0.25, 0.3) is 32.8 Å². The van der Waals surface area contributed by atoms with Gasteiger partial charge in [-0.2, -0.15) is 4.57 Å². The number of hydrogen-bond acceptors (Lipinski definition) is 0. The average Bonchev–Trinajstić information content (AvgIpc) is 2.68. The van der Waals surface area contributed by atoms with E-state index in [1.54, 1.807) is 0 Å². The van der Waals surface area contributed by atoms with Gasteiger partial charge >= 0.3 is 0 Å². The van der Waals surface area contributed by atoms with Gasteiger partial charge in [-0.05, 0) is 65.6 Å². The molecule has 0 spiro atoms. The second-order valence-electron chi connectivity index (χ2n) is 8.46. The van der Waals surface area contributed by atoms with Crippen molar-refractivity contribution in [2.24, 2.45) is 7.05 Å². The van der Waals surface area contributed by atoms with E-state index in [4.69, 9.17) is 1.37 Å². The molecule has 0 aliphatic rings. The van der Waals surface area contributed by atoms with Crippen molar-refractivity contribution < 1.29 is 5.94 Å². The maximum absolute atomic E-state index is 9.01. The molecule has 0 saturated heterocycles. The predicted octanol–water partition coefficient (Wildman–Crippen LogP) is 6.84. The van der Waals surface area contributed by atoms with Crippen LogP contribution in [-0.4, -0.2) is 0 Å². The van der Waals surface area contributed by atoms with E-state index in [9.17, 15) is 0 Å². The van der Waals surface area contributed by atoms with Crippen molar-refractivity contribution in [3.63, 3.8) is 0 Å². The van der Waals surface area contributed by atoms with Crippen LogP contribution >= 0.6 is 0 Å². The van der Waals surface area contributed by atoms with Crippen molar-refractivity contribution in [3.8, 4) is 11.3 Å². The van der Waals surface area contributed by atoms with Gasteiger partial charge in [0.05, 0.1) is 12.3 Å². The molecule has 0 radical (unpaired) electrons. The first-order valence-corrected chi connectivity index (χ1v) is 10.1. The van der Waals surface area contributed by atoms with E-state index in [0.29, 0.717) is 12.0 Å². The van der Waals surface area contributed by atoms with Crippen molar-refractivity contribution in [1.29, 1.82) is 0 Å². The molecule has 0 N–H and O–H groups in total. The van der Waals surface area contributed by atoms with E-state index in [2.05, 4.69) is 95.6 Å². The quantitative estimate of drug-likeness (QED) is 0.269. The van der Waals surface area contributed by atoms with Gasteiger partial charge in [0.2, 0.25) is 5.69 Å². The number of nitrogens with zero attached hydrogens (tertiary/aromatic N) is 1. The van der Waals surface area contributed by atoms with Crippen LogP contribution in [0.4, 0.5) is 0 Å². The topological polar surface area (TPSA) is 3.88 Å². The lowest BCUT2D eigenvalue weighted by atomic mass is 9.87. The molecule has 0 unspecified atom stereocenters. The molecule has 4 rings (SSSR count). The van der Waals surface area contributed by atoms with Crippen molar-refractivity contribution in [3.05, 3.63) is 76.5 Å². The minimum absolute atomic E-state index is 0.353. The second kappa shape index (κ2) is 6.74. The van der Waals surface area contributed by atoms with Gasteiger partial charge in [0.25, 0.3) is 0 Å². The molecule has 3 aromatic carbocycles. The predicted molar refractivity (Wildman–Crippen MR) is 121 cm³/mol. The fourth-order valence-electron chi connectivity index (χ4n) is 4.41. The molecule has 0 aliphatic carbocycles. The lowest BCUT2D eigenvalue weighted by Gasteiger charge is -2.18. The SMILES string of the molecule is [2H]c1c(C)[n+](C)c(-c2cc(C)cc(C)c2C)c2c1c(C(C)C)cc1ccccc12. The van der Waals surface area contributed by atoms with Crippen LogP contribution in [-0.2, 0) is 7.05 Å². The summed E-state index contributed by atoms with van der Waals surface area (Å²) in [6.07, 6.45) is 0. The summed E-state index contributed by atoms with van der Waals surface area (Å²) in [5, 5.41) is 4.78. The van der Waals surface area contributed by atoms with Crippen LogP contribution in [0, 0.1) is 27.7 Å².